The van der Waals surface area contributed by atoms with E-state index in [4.69, 9.17) is 0 Å². The van der Waals surface area contributed by atoms with E-state index >= 15 is 0 Å². The Hall–Kier alpha value is -2.70. The quantitative estimate of drug-likeness (QED) is 0.833. The third-order valence-corrected chi connectivity index (χ3v) is 3.94. The molecule has 0 radical (unpaired) electrons. The molecule has 122 valence electrons. The predicted molar refractivity (Wildman–Crippen MR) is 85.9 cm³/mol. The first-order valence-corrected chi connectivity index (χ1v) is 7.32. The van der Waals surface area contributed by atoms with E-state index in [-0.39, 0.29) is 24.4 Å². The Balaban J connectivity index is 2.05. The third-order valence-electron chi connectivity index (χ3n) is 3.94. The molecule has 1 aromatic heterocycles. The molecule has 0 unspecified atom stereocenters. The van der Waals surface area contributed by atoms with Gasteiger partial charge in [-0.15, -0.1) is 0 Å². The molecule has 7 nitrogen and oxygen atoms in total. The van der Waals surface area contributed by atoms with Crippen molar-refractivity contribution < 1.29 is 9.59 Å². The molecule has 0 aliphatic heterocycles. The Kier molecular flexibility index (Phi) is 5.10. The topological polar surface area (TPSA) is 71.3 Å². The summed E-state index contributed by atoms with van der Waals surface area (Å²) < 4.78 is 1.67. The molecule has 1 atom stereocenters. The molecule has 1 heterocycles. The molecule has 0 fully saturated rings. The Labute approximate surface area is 135 Å². The number of hydrogen-bond donors (Lipinski definition) is 0. The van der Waals surface area contributed by atoms with Crippen molar-refractivity contribution in [2.45, 2.75) is 19.9 Å². The van der Waals surface area contributed by atoms with Crippen molar-refractivity contribution in [2.24, 2.45) is 0 Å². The molecular formula is C16H21N5O2. The highest BCUT2D eigenvalue weighted by atomic mass is 16.2. The Bertz CT molecular complexity index is 666. The van der Waals surface area contributed by atoms with Gasteiger partial charge >= 0.3 is 0 Å². The summed E-state index contributed by atoms with van der Waals surface area (Å²) in [7, 11) is 3.36. The van der Waals surface area contributed by atoms with E-state index in [0.29, 0.717) is 0 Å². The van der Waals surface area contributed by atoms with Crippen LogP contribution in [0.25, 0.3) is 5.69 Å². The summed E-state index contributed by atoms with van der Waals surface area (Å²) in [6, 6.07) is 7.69. The van der Waals surface area contributed by atoms with Gasteiger partial charge in [-0.2, -0.15) is 5.10 Å². The maximum absolute atomic E-state index is 12.2. The summed E-state index contributed by atoms with van der Waals surface area (Å²) in [4.78, 5) is 30.4. The van der Waals surface area contributed by atoms with Crippen LogP contribution in [0.2, 0.25) is 0 Å². The first kappa shape index (κ1) is 16.7. The van der Waals surface area contributed by atoms with Gasteiger partial charge in [-0.25, -0.2) is 9.67 Å². The van der Waals surface area contributed by atoms with Gasteiger partial charge in [0.15, 0.2) is 0 Å². The summed E-state index contributed by atoms with van der Waals surface area (Å²) in [6.07, 6.45) is 3.11. The molecule has 23 heavy (non-hydrogen) atoms. The van der Waals surface area contributed by atoms with Crippen LogP contribution in [-0.2, 0) is 9.59 Å². The average Bonchev–Trinajstić information content (AvgIpc) is 3.07. The minimum atomic E-state index is -0.128. The molecule has 2 aromatic rings. The van der Waals surface area contributed by atoms with Crippen molar-refractivity contribution in [1.82, 2.24) is 24.6 Å². The smallest absolute Gasteiger partial charge is 0.242 e. The highest BCUT2D eigenvalue weighted by Crippen LogP contribution is 2.20. The van der Waals surface area contributed by atoms with Gasteiger partial charge in [-0.1, -0.05) is 12.1 Å². The SMILES string of the molecule is CC(=O)N(C)CC(=O)N(C)[C@H](C)c1ccc(-n2cncn2)cc1. The lowest BCUT2D eigenvalue weighted by Gasteiger charge is -2.27. The second kappa shape index (κ2) is 7.04. The zero-order valence-electron chi connectivity index (χ0n) is 13.8. The highest BCUT2D eigenvalue weighted by molar-refractivity contribution is 5.83. The van der Waals surface area contributed by atoms with E-state index in [2.05, 4.69) is 10.1 Å². The second-order valence-corrected chi connectivity index (χ2v) is 5.49. The minimum absolute atomic E-state index is 0.0766. The van der Waals surface area contributed by atoms with E-state index in [0.717, 1.165) is 11.3 Å². The number of amides is 2. The van der Waals surface area contributed by atoms with Gasteiger partial charge < -0.3 is 9.80 Å². The molecular weight excluding hydrogens is 294 g/mol. The van der Waals surface area contributed by atoms with Crippen molar-refractivity contribution in [1.29, 1.82) is 0 Å². The van der Waals surface area contributed by atoms with Crippen LogP contribution in [0.3, 0.4) is 0 Å². The van der Waals surface area contributed by atoms with Crippen LogP contribution in [0, 0.1) is 0 Å². The molecule has 2 amide bonds. The van der Waals surface area contributed by atoms with E-state index in [1.807, 2.05) is 31.2 Å². The van der Waals surface area contributed by atoms with Gasteiger partial charge in [0, 0.05) is 21.0 Å². The maximum atomic E-state index is 12.2. The number of likely N-dealkylation sites (N-methyl/N-ethyl adjacent to an activating group) is 2. The lowest BCUT2D eigenvalue weighted by atomic mass is 10.1. The molecule has 0 bridgehead atoms. The number of hydrogen-bond acceptors (Lipinski definition) is 4. The van der Waals surface area contributed by atoms with Crippen LogP contribution in [-0.4, -0.2) is 57.0 Å². The number of benzene rings is 1. The monoisotopic (exact) mass is 315 g/mol. The van der Waals surface area contributed by atoms with Gasteiger partial charge in [0.25, 0.3) is 0 Å². The molecule has 0 N–H and O–H groups in total. The van der Waals surface area contributed by atoms with Crippen molar-refractivity contribution in [2.75, 3.05) is 20.6 Å². The van der Waals surface area contributed by atoms with Gasteiger partial charge in [-0.3, -0.25) is 9.59 Å². The average molecular weight is 315 g/mol. The van der Waals surface area contributed by atoms with Crippen LogP contribution in [0.5, 0.6) is 0 Å². The summed E-state index contributed by atoms with van der Waals surface area (Å²) in [5, 5.41) is 4.08. The number of nitrogens with zero attached hydrogens (tertiary/aromatic N) is 5. The standard InChI is InChI=1S/C16H21N5O2/c1-12(20(4)16(23)9-19(3)13(2)22)14-5-7-15(8-6-14)21-11-17-10-18-21/h5-8,10-12H,9H2,1-4H3/t12-/m1/s1. The first-order chi connectivity index (χ1) is 10.9. The molecule has 0 aliphatic rings. The van der Waals surface area contributed by atoms with Crippen molar-refractivity contribution in [3.8, 4) is 5.69 Å². The molecule has 0 saturated heterocycles. The lowest BCUT2D eigenvalue weighted by Crippen LogP contribution is -2.39. The van der Waals surface area contributed by atoms with E-state index in [9.17, 15) is 9.59 Å². The summed E-state index contributed by atoms with van der Waals surface area (Å²) >= 11 is 0. The normalized spacial score (nSPS) is 11.8. The second-order valence-electron chi connectivity index (χ2n) is 5.49. The van der Waals surface area contributed by atoms with Crippen molar-refractivity contribution in [3.63, 3.8) is 0 Å². The number of carbonyl (C=O) groups is 2. The number of aromatic nitrogens is 3. The first-order valence-electron chi connectivity index (χ1n) is 7.32. The van der Waals surface area contributed by atoms with Crippen molar-refractivity contribution in [3.05, 3.63) is 42.5 Å². The number of carbonyl (C=O) groups excluding carboxylic acids is 2. The minimum Gasteiger partial charge on any atom is -0.337 e. The molecule has 2 rings (SSSR count). The van der Waals surface area contributed by atoms with Gasteiger partial charge in [0.2, 0.25) is 11.8 Å². The third kappa shape index (κ3) is 3.94. The van der Waals surface area contributed by atoms with Crippen LogP contribution < -0.4 is 0 Å². The predicted octanol–water partition coefficient (Wildman–Crippen LogP) is 1.26. The van der Waals surface area contributed by atoms with Gasteiger partial charge in [0.1, 0.15) is 12.7 Å². The summed E-state index contributed by atoms with van der Waals surface area (Å²) in [6.45, 7) is 3.48. The van der Waals surface area contributed by atoms with Crippen molar-refractivity contribution >= 4 is 11.8 Å². The van der Waals surface area contributed by atoms with Gasteiger partial charge in [0.05, 0.1) is 18.3 Å². The highest BCUT2D eigenvalue weighted by Gasteiger charge is 2.19. The zero-order valence-corrected chi connectivity index (χ0v) is 13.8. The Morgan fingerprint density at radius 1 is 1.22 bits per heavy atom. The fraction of sp³-hybridized carbons (Fsp3) is 0.375. The van der Waals surface area contributed by atoms with Gasteiger partial charge in [-0.05, 0) is 24.6 Å². The largest absolute Gasteiger partial charge is 0.337 e. The zero-order chi connectivity index (χ0) is 17.0. The van der Waals surface area contributed by atoms with E-state index in [1.54, 1.807) is 30.0 Å². The molecule has 0 spiro atoms. The molecule has 0 saturated carbocycles. The van der Waals surface area contributed by atoms with Crippen LogP contribution in [0.15, 0.2) is 36.9 Å². The molecule has 0 aliphatic carbocycles. The molecule has 1 aromatic carbocycles. The Morgan fingerprint density at radius 2 is 1.87 bits per heavy atom. The molecule has 7 heteroatoms. The fourth-order valence-electron chi connectivity index (χ4n) is 2.11. The fourth-order valence-corrected chi connectivity index (χ4v) is 2.11. The summed E-state index contributed by atoms with van der Waals surface area (Å²) in [5.74, 6) is -0.229. The number of rotatable bonds is 5. The van der Waals surface area contributed by atoms with E-state index in [1.165, 1.54) is 18.2 Å². The van der Waals surface area contributed by atoms with Crippen LogP contribution >= 0.6 is 0 Å². The maximum Gasteiger partial charge on any atom is 0.242 e. The van der Waals surface area contributed by atoms with Crippen LogP contribution in [0.4, 0.5) is 0 Å². The Morgan fingerprint density at radius 3 is 2.39 bits per heavy atom. The van der Waals surface area contributed by atoms with Crippen LogP contribution in [0.1, 0.15) is 25.5 Å². The lowest BCUT2D eigenvalue weighted by molar-refractivity contribution is -0.138. The van der Waals surface area contributed by atoms with E-state index < -0.39 is 0 Å². The summed E-state index contributed by atoms with van der Waals surface area (Å²) in [5.41, 5.74) is 1.92.